The molecule has 0 radical (unpaired) electrons. The third kappa shape index (κ3) is 2.85. The molecule has 0 amide bonds. The zero-order valence-corrected chi connectivity index (χ0v) is 11.3. The van der Waals surface area contributed by atoms with Crippen LogP contribution in [0, 0.1) is 11.6 Å². The largest absolute Gasteiger partial charge is 0.373 e. The SMILES string of the molecule is O=C(CC1OCCc2ccccc21)c1ccc(F)cc1F. The number of ether oxygens (including phenoxy) is 1. The van der Waals surface area contributed by atoms with Crippen molar-refractivity contribution < 1.29 is 18.3 Å². The van der Waals surface area contributed by atoms with Crippen molar-refractivity contribution in [2.45, 2.75) is 18.9 Å². The monoisotopic (exact) mass is 288 g/mol. The lowest BCUT2D eigenvalue weighted by atomic mass is 9.93. The van der Waals surface area contributed by atoms with Crippen molar-refractivity contribution in [1.29, 1.82) is 0 Å². The number of ketones is 1. The molecule has 1 unspecified atom stereocenters. The fourth-order valence-corrected chi connectivity index (χ4v) is 2.64. The van der Waals surface area contributed by atoms with E-state index in [4.69, 9.17) is 4.74 Å². The van der Waals surface area contributed by atoms with E-state index in [-0.39, 0.29) is 23.9 Å². The van der Waals surface area contributed by atoms with Crippen LogP contribution in [0.1, 0.15) is 34.0 Å². The number of hydrogen-bond acceptors (Lipinski definition) is 2. The van der Waals surface area contributed by atoms with Crippen LogP contribution in [0.15, 0.2) is 42.5 Å². The van der Waals surface area contributed by atoms with Gasteiger partial charge >= 0.3 is 0 Å². The standard InChI is InChI=1S/C17H14F2O2/c18-12-5-6-14(15(19)9-12)16(20)10-17-13-4-2-1-3-11(13)7-8-21-17/h1-6,9,17H,7-8,10H2. The molecular formula is C17H14F2O2. The zero-order chi connectivity index (χ0) is 14.8. The van der Waals surface area contributed by atoms with Crippen molar-refractivity contribution in [3.8, 4) is 0 Å². The van der Waals surface area contributed by atoms with Gasteiger partial charge in [0.05, 0.1) is 18.3 Å². The van der Waals surface area contributed by atoms with E-state index in [1.807, 2.05) is 24.3 Å². The highest BCUT2D eigenvalue weighted by molar-refractivity contribution is 5.96. The van der Waals surface area contributed by atoms with Crippen LogP contribution in [-0.4, -0.2) is 12.4 Å². The Kier molecular flexibility index (Phi) is 3.80. The molecule has 1 heterocycles. The summed E-state index contributed by atoms with van der Waals surface area (Å²) < 4.78 is 32.2. The smallest absolute Gasteiger partial charge is 0.168 e. The first-order valence-electron chi connectivity index (χ1n) is 6.83. The molecule has 108 valence electrons. The molecule has 0 N–H and O–H groups in total. The fraction of sp³-hybridized carbons (Fsp3) is 0.235. The topological polar surface area (TPSA) is 26.3 Å². The summed E-state index contributed by atoms with van der Waals surface area (Å²) in [5, 5.41) is 0. The highest BCUT2D eigenvalue weighted by Gasteiger charge is 2.24. The van der Waals surface area contributed by atoms with Gasteiger partial charge in [0.15, 0.2) is 5.78 Å². The molecule has 1 atom stereocenters. The highest BCUT2D eigenvalue weighted by Crippen LogP contribution is 2.30. The summed E-state index contributed by atoms with van der Waals surface area (Å²) in [7, 11) is 0. The second-order valence-corrected chi connectivity index (χ2v) is 5.06. The van der Waals surface area contributed by atoms with E-state index >= 15 is 0 Å². The number of fused-ring (bicyclic) bond motifs is 1. The Morgan fingerprint density at radius 3 is 2.81 bits per heavy atom. The quantitative estimate of drug-likeness (QED) is 0.802. The summed E-state index contributed by atoms with van der Waals surface area (Å²) in [6, 6.07) is 10.8. The molecule has 0 fully saturated rings. The molecule has 0 aliphatic carbocycles. The van der Waals surface area contributed by atoms with Crippen LogP contribution in [0.4, 0.5) is 8.78 Å². The van der Waals surface area contributed by atoms with Gasteiger partial charge in [-0.05, 0) is 29.7 Å². The van der Waals surface area contributed by atoms with Gasteiger partial charge in [0.2, 0.25) is 0 Å². The molecule has 2 nitrogen and oxygen atoms in total. The van der Waals surface area contributed by atoms with Gasteiger partial charge in [-0.25, -0.2) is 8.78 Å². The number of benzene rings is 2. The Labute approximate surface area is 121 Å². The van der Waals surface area contributed by atoms with E-state index < -0.39 is 11.6 Å². The van der Waals surface area contributed by atoms with Crippen LogP contribution in [0.25, 0.3) is 0 Å². The minimum Gasteiger partial charge on any atom is -0.373 e. The number of carbonyl (C=O) groups is 1. The van der Waals surface area contributed by atoms with Crippen LogP contribution in [0.5, 0.6) is 0 Å². The predicted octanol–water partition coefficient (Wildman–Crippen LogP) is 3.85. The van der Waals surface area contributed by atoms with Gasteiger partial charge in [0.1, 0.15) is 11.6 Å². The number of halogens is 2. The van der Waals surface area contributed by atoms with Crippen LogP contribution in [0.3, 0.4) is 0 Å². The van der Waals surface area contributed by atoms with Gasteiger partial charge in [-0.1, -0.05) is 24.3 Å². The maximum atomic E-state index is 13.6. The third-order valence-electron chi connectivity index (χ3n) is 3.69. The molecule has 2 aromatic carbocycles. The minimum atomic E-state index is -0.830. The first-order chi connectivity index (χ1) is 10.1. The van der Waals surface area contributed by atoms with Crippen molar-refractivity contribution in [2.24, 2.45) is 0 Å². The summed E-state index contributed by atoms with van der Waals surface area (Å²) in [4.78, 5) is 12.2. The fourth-order valence-electron chi connectivity index (χ4n) is 2.64. The molecule has 3 rings (SSSR count). The molecule has 0 aromatic heterocycles. The summed E-state index contributed by atoms with van der Waals surface area (Å²) in [6.45, 7) is 0.543. The predicted molar refractivity (Wildman–Crippen MR) is 74.1 cm³/mol. The molecule has 1 aliphatic heterocycles. The van der Waals surface area contributed by atoms with E-state index in [0.29, 0.717) is 6.61 Å². The maximum Gasteiger partial charge on any atom is 0.168 e. The third-order valence-corrected chi connectivity index (χ3v) is 3.69. The van der Waals surface area contributed by atoms with Gasteiger partial charge in [-0.3, -0.25) is 4.79 Å². The number of hydrogen-bond donors (Lipinski definition) is 0. The molecular weight excluding hydrogens is 274 g/mol. The van der Waals surface area contributed by atoms with Gasteiger partial charge < -0.3 is 4.74 Å². The maximum absolute atomic E-state index is 13.6. The van der Waals surface area contributed by atoms with Crippen LogP contribution in [0.2, 0.25) is 0 Å². The van der Waals surface area contributed by atoms with E-state index in [0.717, 1.165) is 29.7 Å². The lowest BCUT2D eigenvalue weighted by Gasteiger charge is -2.25. The van der Waals surface area contributed by atoms with E-state index in [1.165, 1.54) is 6.07 Å². The molecule has 21 heavy (non-hydrogen) atoms. The molecule has 0 saturated heterocycles. The summed E-state index contributed by atoms with van der Waals surface area (Å²) >= 11 is 0. The van der Waals surface area contributed by atoms with Crippen molar-refractivity contribution in [3.63, 3.8) is 0 Å². The molecule has 0 saturated carbocycles. The molecule has 4 heteroatoms. The van der Waals surface area contributed by atoms with Crippen molar-refractivity contribution in [2.75, 3.05) is 6.61 Å². The van der Waals surface area contributed by atoms with Crippen LogP contribution < -0.4 is 0 Å². The average molecular weight is 288 g/mol. The summed E-state index contributed by atoms with van der Waals surface area (Å²) in [5.41, 5.74) is 2.03. The summed E-state index contributed by atoms with van der Waals surface area (Å²) in [6.07, 6.45) is 0.498. The van der Waals surface area contributed by atoms with Crippen molar-refractivity contribution in [1.82, 2.24) is 0 Å². The van der Waals surface area contributed by atoms with Gasteiger partial charge in [-0.15, -0.1) is 0 Å². The Morgan fingerprint density at radius 1 is 1.19 bits per heavy atom. The number of Topliss-reactive ketones (excluding diaryl/α,β-unsaturated/α-hetero) is 1. The van der Waals surface area contributed by atoms with Crippen molar-refractivity contribution >= 4 is 5.78 Å². The van der Waals surface area contributed by atoms with E-state index in [9.17, 15) is 13.6 Å². The highest BCUT2D eigenvalue weighted by atomic mass is 19.1. The second kappa shape index (κ2) is 5.74. The van der Waals surface area contributed by atoms with E-state index in [1.54, 1.807) is 0 Å². The average Bonchev–Trinajstić information content (AvgIpc) is 2.47. The van der Waals surface area contributed by atoms with Gasteiger partial charge in [-0.2, -0.15) is 0 Å². The Morgan fingerprint density at radius 2 is 2.00 bits per heavy atom. The van der Waals surface area contributed by atoms with Crippen LogP contribution >= 0.6 is 0 Å². The van der Waals surface area contributed by atoms with Gasteiger partial charge in [0.25, 0.3) is 0 Å². The lowest BCUT2D eigenvalue weighted by Crippen LogP contribution is -2.19. The number of carbonyl (C=O) groups excluding carboxylic acids is 1. The summed E-state index contributed by atoms with van der Waals surface area (Å²) in [5.74, 6) is -1.90. The molecule has 0 bridgehead atoms. The molecule has 0 spiro atoms. The van der Waals surface area contributed by atoms with E-state index in [2.05, 4.69) is 0 Å². The Balaban J connectivity index is 1.83. The zero-order valence-electron chi connectivity index (χ0n) is 11.3. The second-order valence-electron chi connectivity index (χ2n) is 5.06. The molecule has 2 aromatic rings. The minimum absolute atomic E-state index is 0.0551. The number of rotatable bonds is 3. The Hall–Kier alpha value is -2.07. The molecule has 1 aliphatic rings. The first-order valence-corrected chi connectivity index (χ1v) is 6.83. The lowest BCUT2D eigenvalue weighted by molar-refractivity contribution is 0.0351. The van der Waals surface area contributed by atoms with Gasteiger partial charge in [0, 0.05) is 12.5 Å². The van der Waals surface area contributed by atoms with Crippen LogP contribution in [-0.2, 0) is 11.2 Å². The Bertz CT molecular complexity index is 682. The van der Waals surface area contributed by atoms with Crippen molar-refractivity contribution in [3.05, 3.63) is 70.8 Å². The normalized spacial score (nSPS) is 17.3. The first kappa shape index (κ1) is 13.9.